The molecule has 1 aliphatic heterocycles. The van der Waals surface area contributed by atoms with Crippen LogP contribution in [0.4, 0.5) is 0 Å². The first-order valence-electron chi connectivity index (χ1n) is 9.22. The number of benzene rings is 2. The van der Waals surface area contributed by atoms with Gasteiger partial charge in [0.05, 0.1) is 12.1 Å². The fraction of sp³-hybridized carbons (Fsp3) is 0.182. The Morgan fingerprint density at radius 1 is 1.10 bits per heavy atom. The van der Waals surface area contributed by atoms with E-state index in [-0.39, 0.29) is 12.4 Å². The van der Waals surface area contributed by atoms with E-state index < -0.39 is 0 Å². The van der Waals surface area contributed by atoms with Crippen molar-refractivity contribution in [3.8, 4) is 11.5 Å². The van der Waals surface area contributed by atoms with Crippen molar-refractivity contribution in [1.29, 1.82) is 0 Å². The van der Waals surface area contributed by atoms with E-state index in [4.69, 9.17) is 14.5 Å². The molecule has 0 aliphatic carbocycles. The Hall–Kier alpha value is -2.77. The molecule has 146 valence electrons. The Balaban J connectivity index is 1.51. The van der Waals surface area contributed by atoms with Crippen LogP contribution in [0.5, 0.6) is 11.5 Å². The van der Waals surface area contributed by atoms with Crippen molar-refractivity contribution in [2.45, 2.75) is 24.4 Å². The molecule has 1 aliphatic rings. The maximum atomic E-state index is 13.2. The van der Waals surface area contributed by atoms with Crippen LogP contribution in [0, 0.1) is 6.92 Å². The summed E-state index contributed by atoms with van der Waals surface area (Å²) in [5.41, 5.74) is 4.17. The Morgan fingerprint density at radius 3 is 2.90 bits per heavy atom. The molecule has 5 rings (SSSR count). The second kappa shape index (κ2) is 7.57. The fourth-order valence-corrected chi connectivity index (χ4v) is 5.06. The molecule has 0 unspecified atom stereocenters. The summed E-state index contributed by atoms with van der Waals surface area (Å²) < 4.78 is 13.3. The number of thioether (sulfide) groups is 1. The Morgan fingerprint density at radius 2 is 2.00 bits per heavy atom. The first-order valence-corrected chi connectivity index (χ1v) is 11.1. The summed E-state index contributed by atoms with van der Waals surface area (Å²) in [4.78, 5) is 18.0. The van der Waals surface area contributed by atoms with E-state index >= 15 is 0 Å². The van der Waals surface area contributed by atoms with E-state index in [0.717, 1.165) is 33.5 Å². The van der Waals surface area contributed by atoms with E-state index in [9.17, 15) is 4.79 Å². The topological polar surface area (TPSA) is 53.4 Å². The molecule has 0 N–H and O–H groups in total. The average Bonchev–Trinajstić information content (AvgIpc) is 3.37. The van der Waals surface area contributed by atoms with Gasteiger partial charge in [-0.05, 0) is 41.6 Å². The van der Waals surface area contributed by atoms with Gasteiger partial charge in [0.15, 0.2) is 16.7 Å². The lowest BCUT2D eigenvalue weighted by molar-refractivity contribution is 0.174. The highest BCUT2D eigenvalue weighted by atomic mass is 32.2. The highest BCUT2D eigenvalue weighted by Gasteiger charge is 2.17. The number of fused-ring (bicyclic) bond motifs is 2. The lowest BCUT2D eigenvalue weighted by Gasteiger charge is -2.13. The summed E-state index contributed by atoms with van der Waals surface area (Å²) in [6.45, 7) is 2.75. The van der Waals surface area contributed by atoms with Crippen LogP contribution in [0.1, 0.15) is 16.7 Å². The molecule has 2 aromatic carbocycles. The van der Waals surface area contributed by atoms with Gasteiger partial charge in [0, 0.05) is 5.75 Å². The lowest BCUT2D eigenvalue weighted by atomic mass is 10.2. The van der Waals surface area contributed by atoms with Crippen molar-refractivity contribution in [3.05, 3.63) is 81.0 Å². The molecule has 0 bridgehead atoms. The standard InChI is InChI=1S/C22H18N2O3S2/c1-14-3-2-4-16(9-14)12-29-22-23-17-7-8-28-20(17)21(25)24(22)11-15-5-6-18-19(10-15)27-13-26-18/h2-10H,11-13H2,1H3. The third kappa shape index (κ3) is 3.63. The molecule has 0 saturated heterocycles. The molecule has 0 spiro atoms. The van der Waals surface area contributed by atoms with Gasteiger partial charge in [-0.25, -0.2) is 4.98 Å². The van der Waals surface area contributed by atoms with E-state index in [1.165, 1.54) is 22.5 Å². The number of ether oxygens (including phenoxy) is 2. The first kappa shape index (κ1) is 18.3. The van der Waals surface area contributed by atoms with Crippen molar-refractivity contribution in [2.75, 3.05) is 6.79 Å². The quantitative estimate of drug-likeness (QED) is 0.340. The molecule has 0 atom stereocenters. The van der Waals surface area contributed by atoms with E-state index in [1.807, 2.05) is 29.6 Å². The van der Waals surface area contributed by atoms with Crippen molar-refractivity contribution in [1.82, 2.24) is 9.55 Å². The van der Waals surface area contributed by atoms with Crippen LogP contribution in [0.3, 0.4) is 0 Å². The minimum Gasteiger partial charge on any atom is -0.454 e. The lowest BCUT2D eigenvalue weighted by Crippen LogP contribution is -2.23. The third-order valence-corrected chi connectivity index (χ3v) is 6.70. The van der Waals surface area contributed by atoms with E-state index in [1.54, 1.807) is 16.3 Å². The van der Waals surface area contributed by atoms with Crippen LogP contribution in [0.15, 0.2) is 63.9 Å². The molecule has 3 heterocycles. The molecule has 0 fully saturated rings. The first-order chi connectivity index (χ1) is 14.2. The largest absolute Gasteiger partial charge is 0.454 e. The molecule has 4 aromatic rings. The third-order valence-electron chi connectivity index (χ3n) is 4.76. The Labute approximate surface area is 175 Å². The Kier molecular flexibility index (Phi) is 4.77. The fourth-order valence-electron chi connectivity index (χ4n) is 3.34. The number of hydrogen-bond donors (Lipinski definition) is 0. The van der Waals surface area contributed by atoms with Gasteiger partial charge >= 0.3 is 0 Å². The SMILES string of the molecule is Cc1cccc(CSc2nc3ccsc3c(=O)n2Cc2ccc3c(c2)OCO3)c1. The molecule has 2 aromatic heterocycles. The zero-order chi connectivity index (χ0) is 19.8. The van der Waals surface area contributed by atoms with Gasteiger partial charge in [-0.3, -0.25) is 9.36 Å². The number of hydrogen-bond acceptors (Lipinski definition) is 6. The second-order valence-electron chi connectivity index (χ2n) is 6.89. The van der Waals surface area contributed by atoms with Gasteiger partial charge in [-0.15, -0.1) is 11.3 Å². The summed E-state index contributed by atoms with van der Waals surface area (Å²) in [6, 6.07) is 16.1. The monoisotopic (exact) mass is 422 g/mol. The van der Waals surface area contributed by atoms with Crippen LogP contribution in [0.2, 0.25) is 0 Å². The van der Waals surface area contributed by atoms with Gasteiger partial charge in [0.1, 0.15) is 4.70 Å². The zero-order valence-electron chi connectivity index (χ0n) is 15.8. The molecular formula is C22H18N2O3S2. The summed E-state index contributed by atoms with van der Waals surface area (Å²) in [5, 5.41) is 2.64. The van der Waals surface area contributed by atoms with Crippen molar-refractivity contribution < 1.29 is 9.47 Å². The van der Waals surface area contributed by atoms with Crippen LogP contribution < -0.4 is 15.0 Å². The van der Waals surface area contributed by atoms with Gasteiger partial charge in [0.2, 0.25) is 6.79 Å². The van der Waals surface area contributed by atoms with Gasteiger partial charge in [-0.2, -0.15) is 0 Å². The van der Waals surface area contributed by atoms with E-state index in [0.29, 0.717) is 11.2 Å². The maximum absolute atomic E-state index is 13.2. The summed E-state index contributed by atoms with van der Waals surface area (Å²) >= 11 is 3.02. The molecule has 0 saturated carbocycles. The number of aromatic nitrogens is 2. The highest BCUT2D eigenvalue weighted by Crippen LogP contribution is 2.33. The predicted molar refractivity (Wildman–Crippen MR) is 116 cm³/mol. The highest BCUT2D eigenvalue weighted by molar-refractivity contribution is 7.98. The molecular weight excluding hydrogens is 404 g/mol. The number of rotatable bonds is 5. The summed E-state index contributed by atoms with van der Waals surface area (Å²) in [7, 11) is 0. The number of nitrogens with zero attached hydrogens (tertiary/aromatic N) is 2. The van der Waals surface area contributed by atoms with Crippen LogP contribution in [0.25, 0.3) is 10.2 Å². The molecule has 0 amide bonds. The van der Waals surface area contributed by atoms with Gasteiger partial charge < -0.3 is 9.47 Å². The molecule has 7 heteroatoms. The average molecular weight is 423 g/mol. The smallest absolute Gasteiger partial charge is 0.272 e. The van der Waals surface area contributed by atoms with Crippen LogP contribution in [-0.2, 0) is 12.3 Å². The summed E-state index contributed by atoms with van der Waals surface area (Å²) in [5.74, 6) is 2.21. The predicted octanol–water partition coefficient (Wildman–Crippen LogP) is 4.84. The minimum absolute atomic E-state index is 0.00518. The van der Waals surface area contributed by atoms with Gasteiger partial charge in [0.25, 0.3) is 5.56 Å². The zero-order valence-corrected chi connectivity index (χ0v) is 17.4. The van der Waals surface area contributed by atoms with Crippen molar-refractivity contribution >= 4 is 33.3 Å². The van der Waals surface area contributed by atoms with Gasteiger partial charge in [-0.1, -0.05) is 47.7 Å². The normalized spacial score (nSPS) is 12.6. The summed E-state index contributed by atoms with van der Waals surface area (Å²) in [6.07, 6.45) is 0. The Bertz CT molecular complexity index is 1260. The van der Waals surface area contributed by atoms with Crippen molar-refractivity contribution in [3.63, 3.8) is 0 Å². The molecule has 5 nitrogen and oxygen atoms in total. The molecule has 0 radical (unpaired) electrons. The number of thiophene rings is 1. The van der Waals surface area contributed by atoms with Crippen molar-refractivity contribution in [2.24, 2.45) is 0 Å². The minimum atomic E-state index is -0.00518. The second-order valence-corrected chi connectivity index (χ2v) is 8.74. The van der Waals surface area contributed by atoms with E-state index in [2.05, 4.69) is 31.2 Å². The number of aryl methyl sites for hydroxylation is 1. The molecule has 29 heavy (non-hydrogen) atoms. The maximum Gasteiger partial charge on any atom is 0.272 e. The van der Waals surface area contributed by atoms with Crippen LogP contribution in [-0.4, -0.2) is 16.3 Å². The van der Waals surface area contributed by atoms with Crippen LogP contribution >= 0.6 is 23.1 Å².